The minimum atomic E-state index is -3.82. The van der Waals surface area contributed by atoms with E-state index in [4.69, 9.17) is 4.74 Å². The molecule has 9 heteroatoms. The Balaban J connectivity index is 1.86. The highest BCUT2D eigenvalue weighted by molar-refractivity contribution is 7.92. The Hall–Kier alpha value is -3.07. The summed E-state index contributed by atoms with van der Waals surface area (Å²) in [6, 6.07) is 11.4. The van der Waals surface area contributed by atoms with Crippen LogP contribution in [-0.2, 0) is 14.8 Å². The first-order chi connectivity index (χ1) is 11.9. The first-order valence-electron chi connectivity index (χ1n) is 7.28. The van der Waals surface area contributed by atoms with E-state index in [0.29, 0.717) is 5.75 Å². The molecule has 3 rings (SSSR count). The maximum absolute atomic E-state index is 12.5. The van der Waals surface area contributed by atoms with Crippen molar-refractivity contribution in [2.75, 3.05) is 23.3 Å². The summed E-state index contributed by atoms with van der Waals surface area (Å²) in [4.78, 5) is 24.5. The number of anilines is 2. The van der Waals surface area contributed by atoms with Crippen molar-refractivity contribution in [2.24, 2.45) is 0 Å². The van der Waals surface area contributed by atoms with Gasteiger partial charge in [-0.05, 0) is 42.5 Å². The number of nitrogens with zero attached hydrogens (tertiary/aromatic N) is 1. The molecule has 1 heterocycles. The van der Waals surface area contributed by atoms with Gasteiger partial charge in [-0.25, -0.2) is 18.1 Å². The molecular weight excluding hydrogens is 346 g/mol. The number of nitrogens with one attached hydrogen (secondary N) is 2. The largest absolute Gasteiger partial charge is 0.497 e. The standard InChI is InChI=1S/C16H15N3O5S/c1-24-13-5-7-14(8-6-13)25(22,23)18-11-3-2-4-12(9-11)19-15(20)10-17-16(19)21/h2-9,18H,10H2,1H3,(H,17,21). The number of ether oxygens (including phenoxy) is 1. The number of sulfonamides is 1. The van der Waals surface area contributed by atoms with Crippen molar-refractivity contribution >= 4 is 33.3 Å². The average Bonchev–Trinajstić information content (AvgIpc) is 2.93. The lowest BCUT2D eigenvalue weighted by Crippen LogP contribution is -2.30. The van der Waals surface area contributed by atoms with Crippen LogP contribution in [0.5, 0.6) is 5.75 Å². The predicted molar refractivity (Wildman–Crippen MR) is 91.1 cm³/mol. The molecule has 1 fully saturated rings. The monoisotopic (exact) mass is 361 g/mol. The molecule has 1 saturated heterocycles. The molecule has 0 saturated carbocycles. The maximum atomic E-state index is 12.5. The fourth-order valence-corrected chi connectivity index (χ4v) is 3.41. The van der Waals surface area contributed by atoms with E-state index in [1.54, 1.807) is 12.1 Å². The van der Waals surface area contributed by atoms with Gasteiger partial charge < -0.3 is 10.1 Å². The Morgan fingerprint density at radius 1 is 1.12 bits per heavy atom. The summed E-state index contributed by atoms with van der Waals surface area (Å²) in [5.74, 6) is 0.139. The van der Waals surface area contributed by atoms with Crippen LogP contribution in [0.4, 0.5) is 16.2 Å². The number of carbonyl (C=O) groups is 2. The van der Waals surface area contributed by atoms with Crippen molar-refractivity contribution in [3.63, 3.8) is 0 Å². The van der Waals surface area contributed by atoms with E-state index in [1.807, 2.05) is 0 Å². The van der Waals surface area contributed by atoms with Crippen LogP contribution in [0.25, 0.3) is 0 Å². The number of urea groups is 1. The first-order valence-corrected chi connectivity index (χ1v) is 8.77. The summed E-state index contributed by atoms with van der Waals surface area (Å²) in [5, 5.41) is 2.41. The molecule has 0 aromatic heterocycles. The third-order valence-corrected chi connectivity index (χ3v) is 4.97. The molecular formula is C16H15N3O5S. The van der Waals surface area contributed by atoms with E-state index in [0.717, 1.165) is 4.90 Å². The van der Waals surface area contributed by atoms with Crippen molar-refractivity contribution in [1.29, 1.82) is 0 Å². The maximum Gasteiger partial charge on any atom is 0.329 e. The Morgan fingerprint density at radius 2 is 1.84 bits per heavy atom. The molecule has 0 unspecified atom stereocenters. The fraction of sp³-hybridized carbons (Fsp3) is 0.125. The summed E-state index contributed by atoms with van der Waals surface area (Å²) in [6.07, 6.45) is 0. The molecule has 3 amide bonds. The number of hydrogen-bond acceptors (Lipinski definition) is 5. The highest BCUT2D eigenvalue weighted by Crippen LogP contribution is 2.24. The second-order valence-electron chi connectivity index (χ2n) is 5.22. The SMILES string of the molecule is COc1ccc(S(=O)(=O)Nc2cccc(N3C(=O)CNC3=O)c2)cc1. The van der Waals surface area contributed by atoms with Gasteiger partial charge in [-0.15, -0.1) is 0 Å². The van der Waals surface area contributed by atoms with Crippen LogP contribution in [0.2, 0.25) is 0 Å². The van der Waals surface area contributed by atoms with Crippen LogP contribution >= 0.6 is 0 Å². The summed E-state index contributed by atoms with van der Waals surface area (Å²) < 4.78 is 32.3. The number of rotatable bonds is 5. The van der Waals surface area contributed by atoms with Gasteiger partial charge in [-0.3, -0.25) is 9.52 Å². The minimum Gasteiger partial charge on any atom is -0.497 e. The molecule has 130 valence electrons. The normalized spacial score (nSPS) is 14.4. The Kier molecular flexibility index (Phi) is 4.32. The van der Waals surface area contributed by atoms with Crippen LogP contribution < -0.4 is 19.7 Å². The molecule has 1 aliphatic heterocycles. The second-order valence-corrected chi connectivity index (χ2v) is 6.90. The quantitative estimate of drug-likeness (QED) is 0.786. The zero-order valence-electron chi connectivity index (χ0n) is 13.2. The summed E-state index contributed by atoms with van der Waals surface area (Å²) in [6.45, 7) is -0.0827. The molecule has 25 heavy (non-hydrogen) atoms. The Labute approximate surface area is 144 Å². The van der Waals surface area contributed by atoms with Gasteiger partial charge in [0.05, 0.1) is 29.9 Å². The highest BCUT2D eigenvalue weighted by Gasteiger charge is 2.30. The molecule has 0 spiro atoms. The molecule has 0 radical (unpaired) electrons. The second kappa shape index (κ2) is 6.44. The third-order valence-electron chi connectivity index (χ3n) is 3.57. The number of methoxy groups -OCH3 is 1. The van der Waals surface area contributed by atoms with Gasteiger partial charge in [0, 0.05) is 0 Å². The van der Waals surface area contributed by atoms with E-state index in [-0.39, 0.29) is 22.8 Å². The van der Waals surface area contributed by atoms with Crippen LogP contribution in [0.15, 0.2) is 53.4 Å². The molecule has 1 aliphatic rings. The molecule has 2 N–H and O–H groups in total. The summed E-state index contributed by atoms with van der Waals surface area (Å²) in [7, 11) is -2.33. The van der Waals surface area contributed by atoms with E-state index in [1.165, 1.54) is 43.5 Å². The van der Waals surface area contributed by atoms with E-state index < -0.39 is 22.0 Å². The lowest BCUT2D eigenvalue weighted by Gasteiger charge is -2.14. The molecule has 2 aromatic rings. The van der Waals surface area contributed by atoms with Crippen LogP contribution in [0, 0.1) is 0 Å². The van der Waals surface area contributed by atoms with Gasteiger partial charge in [0.2, 0.25) is 0 Å². The predicted octanol–water partition coefficient (Wildman–Crippen LogP) is 1.55. The Morgan fingerprint density at radius 3 is 2.44 bits per heavy atom. The lowest BCUT2D eigenvalue weighted by molar-refractivity contribution is -0.115. The van der Waals surface area contributed by atoms with Gasteiger partial charge in [0.1, 0.15) is 5.75 Å². The number of imide groups is 1. The van der Waals surface area contributed by atoms with Gasteiger partial charge in [0.15, 0.2) is 0 Å². The van der Waals surface area contributed by atoms with Crippen molar-refractivity contribution in [2.45, 2.75) is 4.90 Å². The summed E-state index contributed by atoms with van der Waals surface area (Å²) >= 11 is 0. The van der Waals surface area contributed by atoms with Gasteiger partial charge in [0.25, 0.3) is 15.9 Å². The topological polar surface area (TPSA) is 105 Å². The lowest BCUT2D eigenvalue weighted by atomic mass is 10.2. The van der Waals surface area contributed by atoms with E-state index >= 15 is 0 Å². The molecule has 2 aromatic carbocycles. The fourth-order valence-electron chi connectivity index (χ4n) is 2.36. The minimum absolute atomic E-state index is 0.0636. The van der Waals surface area contributed by atoms with Gasteiger partial charge >= 0.3 is 6.03 Å². The molecule has 8 nitrogen and oxygen atoms in total. The van der Waals surface area contributed by atoms with Crippen LogP contribution in [0.1, 0.15) is 0 Å². The zero-order chi connectivity index (χ0) is 18.0. The Bertz CT molecular complexity index is 909. The first kappa shape index (κ1) is 16.8. The van der Waals surface area contributed by atoms with Crippen LogP contribution in [0.3, 0.4) is 0 Å². The number of carbonyl (C=O) groups excluding carboxylic acids is 2. The van der Waals surface area contributed by atoms with E-state index in [9.17, 15) is 18.0 Å². The molecule has 0 atom stereocenters. The number of amides is 3. The summed E-state index contributed by atoms with van der Waals surface area (Å²) in [5.41, 5.74) is 0.524. The van der Waals surface area contributed by atoms with Crippen LogP contribution in [-0.4, -0.2) is 34.0 Å². The van der Waals surface area contributed by atoms with Crippen molar-refractivity contribution < 1.29 is 22.7 Å². The number of benzene rings is 2. The zero-order valence-corrected chi connectivity index (χ0v) is 14.0. The van der Waals surface area contributed by atoms with Crippen molar-refractivity contribution in [1.82, 2.24) is 5.32 Å². The van der Waals surface area contributed by atoms with Gasteiger partial charge in [-0.1, -0.05) is 6.07 Å². The third kappa shape index (κ3) is 3.41. The van der Waals surface area contributed by atoms with Crippen molar-refractivity contribution in [3.8, 4) is 5.75 Å². The highest BCUT2D eigenvalue weighted by atomic mass is 32.2. The van der Waals surface area contributed by atoms with E-state index in [2.05, 4.69) is 10.0 Å². The number of hydrogen-bond donors (Lipinski definition) is 2. The smallest absolute Gasteiger partial charge is 0.329 e. The van der Waals surface area contributed by atoms with Gasteiger partial charge in [-0.2, -0.15) is 0 Å². The molecule has 0 bridgehead atoms. The molecule has 0 aliphatic carbocycles. The average molecular weight is 361 g/mol. The van der Waals surface area contributed by atoms with Crippen molar-refractivity contribution in [3.05, 3.63) is 48.5 Å².